The standard InChI is InChI=1S/C14H15F4N5/c15-7-6-8(16)11(10(18)9(7)17)23-13(20)21-12(19)22-14(23)4-2-1-3-5-14/h6H,1-5H2,(H4,19,20,21,22). The van der Waals surface area contributed by atoms with Crippen LogP contribution in [0.4, 0.5) is 23.2 Å². The topological polar surface area (TPSA) is 80.0 Å². The van der Waals surface area contributed by atoms with Gasteiger partial charge in [-0.05, 0) is 25.7 Å². The normalized spacial score (nSPS) is 20.4. The largest absolute Gasteiger partial charge is 0.369 e. The average Bonchev–Trinajstić information content (AvgIpc) is 2.48. The molecule has 0 radical (unpaired) electrons. The molecule has 1 fully saturated rings. The number of aliphatic imine (C=N–C) groups is 2. The molecule has 4 N–H and O–H groups in total. The zero-order valence-electron chi connectivity index (χ0n) is 12.1. The molecule has 1 aliphatic carbocycles. The van der Waals surface area contributed by atoms with E-state index < -0.39 is 34.6 Å². The highest BCUT2D eigenvalue weighted by atomic mass is 19.2. The SMILES string of the molecule is NC1=NC2(CCCCC2)N(c2c(F)cc(F)c(F)c2F)C(N)=N1. The summed E-state index contributed by atoms with van der Waals surface area (Å²) in [6, 6.07) is 0.277. The molecule has 3 rings (SSSR count). The van der Waals surface area contributed by atoms with Gasteiger partial charge in [0.15, 0.2) is 23.3 Å². The lowest BCUT2D eigenvalue weighted by molar-refractivity contribution is 0.300. The molecule has 1 heterocycles. The molecule has 2 aliphatic rings. The first kappa shape index (κ1) is 15.6. The molecule has 9 heteroatoms. The monoisotopic (exact) mass is 329 g/mol. The first-order chi connectivity index (χ1) is 10.9. The van der Waals surface area contributed by atoms with E-state index in [1.165, 1.54) is 0 Å². The molecular formula is C14H15F4N5. The first-order valence-corrected chi connectivity index (χ1v) is 7.18. The van der Waals surface area contributed by atoms with E-state index in [0.717, 1.165) is 24.2 Å². The molecule has 1 aromatic carbocycles. The van der Waals surface area contributed by atoms with Crippen molar-refractivity contribution in [2.24, 2.45) is 21.5 Å². The minimum absolute atomic E-state index is 0.107. The average molecular weight is 329 g/mol. The van der Waals surface area contributed by atoms with Crippen LogP contribution < -0.4 is 16.4 Å². The molecule has 0 unspecified atom stereocenters. The van der Waals surface area contributed by atoms with E-state index in [0.29, 0.717) is 12.8 Å². The predicted molar refractivity (Wildman–Crippen MR) is 77.8 cm³/mol. The molecule has 124 valence electrons. The molecule has 1 aromatic rings. The fourth-order valence-electron chi connectivity index (χ4n) is 3.21. The second kappa shape index (κ2) is 5.39. The lowest BCUT2D eigenvalue weighted by Gasteiger charge is -2.45. The Morgan fingerprint density at radius 3 is 2.26 bits per heavy atom. The van der Waals surface area contributed by atoms with Gasteiger partial charge >= 0.3 is 0 Å². The van der Waals surface area contributed by atoms with Gasteiger partial charge in [-0.2, -0.15) is 4.99 Å². The summed E-state index contributed by atoms with van der Waals surface area (Å²) in [5, 5.41) is 0. The summed E-state index contributed by atoms with van der Waals surface area (Å²) in [6.07, 6.45) is 3.22. The molecule has 23 heavy (non-hydrogen) atoms. The summed E-state index contributed by atoms with van der Waals surface area (Å²) in [6.45, 7) is 0. The van der Waals surface area contributed by atoms with Crippen molar-refractivity contribution in [3.63, 3.8) is 0 Å². The Balaban J connectivity index is 2.21. The van der Waals surface area contributed by atoms with Crippen LogP contribution in [-0.4, -0.2) is 17.6 Å². The van der Waals surface area contributed by atoms with Gasteiger partial charge in [-0.25, -0.2) is 22.6 Å². The Labute approximate surface area is 129 Å². The first-order valence-electron chi connectivity index (χ1n) is 7.18. The van der Waals surface area contributed by atoms with Crippen molar-refractivity contribution in [1.82, 2.24) is 0 Å². The minimum atomic E-state index is -1.78. The molecule has 5 nitrogen and oxygen atoms in total. The summed E-state index contributed by atoms with van der Waals surface area (Å²) >= 11 is 0. The Hall–Kier alpha value is -2.32. The predicted octanol–water partition coefficient (Wildman–Crippen LogP) is 2.35. The van der Waals surface area contributed by atoms with Gasteiger partial charge < -0.3 is 11.5 Å². The van der Waals surface area contributed by atoms with E-state index in [1.807, 2.05) is 0 Å². The van der Waals surface area contributed by atoms with Crippen molar-refractivity contribution in [2.45, 2.75) is 37.8 Å². The molecule has 1 spiro atoms. The second-order valence-corrected chi connectivity index (χ2v) is 5.64. The van der Waals surface area contributed by atoms with E-state index in [1.54, 1.807) is 0 Å². The molecule has 1 saturated carbocycles. The lowest BCUT2D eigenvalue weighted by Crippen LogP contribution is -2.59. The third-order valence-electron chi connectivity index (χ3n) is 4.16. The van der Waals surface area contributed by atoms with Gasteiger partial charge in [0.2, 0.25) is 11.9 Å². The second-order valence-electron chi connectivity index (χ2n) is 5.64. The van der Waals surface area contributed by atoms with Crippen LogP contribution in [0.1, 0.15) is 32.1 Å². The summed E-state index contributed by atoms with van der Waals surface area (Å²) in [7, 11) is 0. The number of halogens is 4. The zero-order chi connectivity index (χ0) is 16.8. The number of hydrogen-bond acceptors (Lipinski definition) is 5. The van der Waals surface area contributed by atoms with E-state index >= 15 is 0 Å². The molecule has 0 saturated heterocycles. The van der Waals surface area contributed by atoms with Crippen LogP contribution in [0.15, 0.2) is 16.1 Å². The van der Waals surface area contributed by atoms with Gasteiger partial charge in [0.1, 0.15) is 11.4 Å². The van der Waals surface area contributed by atoms with Crippen molar-refractivity contribution in [3.8, 4) is 0 Å². The number of hydrogen-bond donors (Lipinski definition) is 2. The quantitative estimate of drug-likeness (QED) is 0.471. The van der Waals surface area contributed by atoms with Crippen molar-refractivity contribution < 1.29 is 17.6 Å². The lowest BCUT2D eigenvalue weighted by atomic mass is 9.87. The number of guanidine groups is 2. The highest BCUT2D eigenvalue weighted by Crippen LogP contribution is 2.41. The van der Waals surface area contributed by atoms with Crippen molar-refractivity contribution in [1.29, 1.82) is 0 Å². The number of anilines is 1. The Kier molecular flexibility index (Phi) is 3.65. The maximum Gasteiger partial charge on any atom is 0.220 e. The van der Waals surface area contributed by atoms with Gasteiger partial charge in [0, 0.05) is 6.07 Å². The van der Waals surface area contributed by atoms with Crippen LogP contribution in [0.5, 0.6) is 0 Å². The van der Waals surface area contributed by atoms with Crippen LogP contribution in [0.2, 0.25) is 0 Å². The van der Waals surface area contributed by atoms with Crippen LogP contribution >= 0.6 is 0 Å². The van der Waals surface area contributed by atoms with Gasteiger partial charge in [-0.1, -0.05) is 6.42 Å². The summed E-state index contributed by atoms with van der Waals surface area (Å²) < 4.78 is 55.2. The third-order valence-corrected chi connectivity index (χ3v) is 4.16. The summed E-state index contributed by atoms with van der Waals surface area (Å²) in [5.74, 6) is -6.74. The van der Waals surface area contributed by atoms with Crippen LogP contribution in [-0.2, 0) is 0 Å². The fourth-order valence-corrected chi connectivity index (χ4v) is 3.21. The highest BCUT2D eigenvalue weighted by molar-refractivity contribution is 6.05. The van der Waals surface area contributed by atoms with E-state index in [9.17, 15) is 17.6 Å². The van der Waals surface area contributed by atoms with E-state index in [-0.39, 0.29) is 18.0 Å². The van der Waals surface area contributed by atoms with Crippen LogP contribution in [0.3, 0.4) is 0 Å². The van der Waals surface area contributed by atoms with Gasteiger partial charge in [-0.3, -0.25) is 4.90 Å². The van der Waals surface area contributed by atoms with Crippen LogP contribution in [0.25, 0.3) is 0 Å². The van der Waals surface area contributed by atoms with Crippen molar-refractivity contribution >= 4 is 17.6 Å². The van der Waals surface area contributed by atoms with Gasteiger partial charge in [-0.15, -0.1) is 0 Å². The molecular weight excluding hydrogens is 314 g/mol. The molecule has 0 bridgehead atoms. The molecule has 0 amide bonds. The van der Waals surface area contributed by atoms with Crippen LogP contribution in [0, 0.1) is 23.3 Å². The third kappa shape index (κ3) is 2.40. The number of nitrogens with zero attached hydrogens (tertiary/aromatic N) is 3. The minimum Gasteiger partial charge on any atom is -0.369 e. The Morgan fingerprint density at radius 1 is 0.957 bits per heavy atom. The Morgan fingerprint density at radius 2 is 1.61 bits per heavy atom. The van der Waals surface area contributed by atoms with Gasteiger partial charge in [0.05, 0.1) is 0 Å². The number of benzene rings is 1. The fraction of sp³-hybridized carbons (Fsp3) is 0.429. The smallest absolute Gasteiger partial charge is 0.220 e. The zero-order valence-corrected chi connectivity index (χ0v) is 12.1. The highest BCUT2D eigenvalue weighted by Gasteiger charge is 2.45. The summed E-state index contributed by atoms with van der Waals surface area (Å²) in [4.78, 5) is 8.94. The summed E-state index contributed by atoms with van der Waals surface area (Å²) in [5.41, 5.74) is 9.49. The maximum atomic E-state index is 14.2. The number of rotatable bonds is 1. The van der Waals surface area contributed by atoms with Gasteiger partial charge in [0.25, 0.3) is 0 Å². The van der Waals surface area contributed by atoms with E-state index in [2.05, 4.69) is 9.98 Å². The molecule has 1 aliphatic heterocycles. The maximum absolute atomic E-state index is 14.2. The van der Waals surface area contributed by atoms with Crippen molar-refractivity contribution in [3.05, 3.63) is 29.3 Å². The Bertz CT molecular complexity index is 710. The number of nitrogens with two attached hydrogens (primary N) is 2. The molecule has 0 aromatic heterocycles. The van der Waals surface area contributed by atoms with Crippen molar-refractivity contribution in [2.75, 3.05) is 4.90 Å². The van der Waals surface area contributed by atoms with E-state index in [4.69, 9.17) is 11.5 Å². The molecule has 0 atom stereocenters.